The minimum absolute atomic E-state index is 0.0895. The highest BCUT2D eigenvalue weighted by Gasteiger charge is 2.51. The van der Waals surface area contributed by atoms with E-state index < -0.39 is 63.1 Å². The molecule has 6 atom stereocenters. The Morgan fingerprint density at radius 2 is 0.819 bits per heavy atom. The van der Waals surface area contributed by atoms with Gasteiger partial charge in [0.2, 0.25) is 0 Å². The number of carbonyl (C=O) groups is 1. The van der Waals surface area contributed by atoms with Crippen molar-refractivity contribution in [3.63, 3.8) is 0 Å². The number of phosphoric ester groups is 1. The number of hydrogen-bond acceptors (Lipinski definition) is 11. The van der Waals surface area contributed by atoms with E-state index in [0.29, 0.717) is 13.0 Å². The second-order valence-corrected chi connectivity index (χ2v) is 21.2. The van der Waals surface area contributed by atoms with Gasteiger partial charge in [-0.25, -0.2) is 4.57 Å². The first kappa shape index (κ1) is 67.8. The Bertz CT molecular complexity index is 1460. The maximum atomic E-state index is 12.9. The molecule has 0 heterocycles. The van der Waals surface area contributed by atoms with Crippen molar-refractivity contribution < 1.29 is 58.3 Å². The predicted molar refractivity (Wildman–Crippen MR) is 295 cm³/mol. The molecular weight excluding hydrogens is 932 g/mol. The van der Waals surface area contributed by atoms with Gasteiger partial charge in [0.25, 0.3) is 0 Å². The molecule has 1 aliphatic rings. The van der Waals surface area contributed by atoms with Crippen LogP contribution in [0.1, 0.15) is 232 Å². The maximum absolute atomic E-state index is 12.9. The fourth-order valence-electron chi connectivity index (χ4n) is 8.56. The van der Waals surface area contributed by atoms with Crippen LogP contribution in [0.2, 0.25) is 0 Å². The SMILES string of the molecule is CC/C=C\C/C=C\C/C=C\C/C=C\C/C=C\CCCCCCCCOCC(COP(=O)(O)OC1C(O)C(O)C(O)C(O)C1O)OC(=O)CCCCCCCCCCCCC/C=C\CCCCCCCCCC. The fourth-order valence-corrected chi connectivity index (χ4v) is 9.53. The number of ether oxygens (including phenoxy) is 2. The summed E-state index contributed by atoms with van der Waals surface area (Å²) in [5.74, 6) is -0.484. The van der Waals surface area contributed by atoms with Crippen LogP contribution in [0.5, 0.6) is 0 Å². The van der Waals surface area contributed by atoms with Gasteiger partial charge in [0.15, 0.2) is 0 Å². The Labute approximate surface area is 438 Å². The number of hydrogen-bond donors (Lipinski definition) is 6. The zero-order valence-corrected chi connectivity index (χ0v) is 46.1. The van der Waals surface area contributed by atoms with Gasteiger partial charge in [-0.2, -0.15) is 0 Å². The molecule has 6 N–H and O–H groups in total. The summed E-state index contributed by atoms with van der Waals surface area (Å²) in [7, 11) is -5.04. The minimum Gasteiger partial charge on any atom is -0.457 e. The summed E-state index contributed by atoms with van der Waals surface area (Å²) in [6.07, 6.45) is 52.5. The lowest BCUT2D eigenvalue weighted by Crippen LogP contribution is -2.64. The molecule has 1 saturated carbocycles. The maximum Gasteiger partial charge on any atom is 0.472 e. The fraction of sp³-hybridized carbons (Fsp3) is 0.780. The summed E-state index contributed by atoms with van der Waals surface area (Å²) in [6.45, 7) is 4.14. The van der Waals surface area contributed by atoms with Crippen LogP contribution in [-0.4, -0.2) is 98.9 Å². The normalized spacial score (nSPS) is 21.2. The van der Waals surface area contributed by atoms with Crippen molar-refractivity contribution in [3.05, 3.63) is 72.9 Å². The lowest BCUT2D eigenvalue weighted by atomic mass is 9.85. The highest BCUT2D eigenvalue weighted by Crippen LogP contribution is 2.47. The van der Waals surface area contributed by atoms with Crippen molar-refractivity contribution in [2.24, 2.45) is 0 Å². The zero-order valence-electron chi connectivity index (χ0n) is 45.2. The second-order valence-electron chi connectivity index (χ2n) is 19.8. The van der Waals surface area contributed by atoms with E-state index >= 15 is 0 Å². The molecule has 6 unspecified atom stereocenters. The predicted octanol–water partition coefficient (Wildman–Crippen LogP) is 13.9. The van der Waals surface area contributed by atoms with E-state index in [0.717, 1.165) is 96.3 Å². The average molecular weight is 1040 g/mol. The number of esters is 1. The molecule has 13 heteroatoms. The van der Waals surface area contributed by atoms with Gasteiger partial charge in [0.1, 0.15) is 42.7 Å². The van der Waals surface area contributed by atoms with Crippen LogP contribution in [-0.2, 0) is 27.9 Å². The van der Waals surface area contributed by atoms with Crippen LogP contribution in [0.25, 0.3) is 0 Å². The average Bonchev–Trinajstić information content (AvgIpc) is 3.37. The number of aliphatic hydroxyl groups excluding tert-OH is 5. The number of phosphoric acid groups is 1. The third kappa shape index (κ3) is 39.2. The van der Waals surface area contributed by atoms with Crippen LogP contribution in [0, 0.1) is 0 Å². The smallest absolute Gasteiger partial charge is 0.457 e. The Morgan fingerprint density at radius 1 is 0.458 bits per heavy atom. The standard InChI is InChI=1S/C59H105O12P/c1-3-5-7-9-11-13-15-17-19-21-23-25-27-28-30-32-34-36-38-40-42-44-46-48-53(60)70-52(51-69-72(66,67)71-59-57(64)55(62)54(61)56(63)58(59)65)50-68-49-47-45-43-41-39-37-35-33-31-29-26-24-22-20-18-16-14-12-10-8-6-4-2/h6,8,12,14,18,20-21,23-24,26,31,33,52,54-59,61-65H,3-5,7,9-11,13,15-17,19,22,25,27-30,32,34-51H2,1-2H3,(H,66,67)/b8-6-,14-12-,20-18-,23-21-,26-24-,33-31-. The van der Waals surface area contributed by atoms with E-state index in [1.807, 2.05) is 0 Å². The monoisotopic (exact) mass is 1040 g/mol. The van der Waals surface area contributed by atoms with E-state index in [9.17, 15) is 39.8 Å². The third-order valence-corrected chi connectivity index (χ3v) is 14.0. The molecule has 0 aromatic heterocycles. The first-order chi connectivity index (χ1) is 35.0. The highest BCUT2D eigenvalue weighted by molar-refractivity contribution is 7.47. The molecule has 1 rings (SSSR count). The number of allylic oxidation sites excluding steroid dienone is 12. The summed E-state index contributed by atoms with van der Waals surface area (Å²) >= 11 is 0. The van der Waals surface area contributed by atoms with Crippen molar-refractivity contribution in [2.75, 3.05) is 19.8 Å². The largest absolute Gasteiger partial charge is 0.472 e. The molecule has 418 valence electrons. The molecule has 0 bridgehead atoms. The molecule has 0 aliphatic heterocycles. The van der Waals surface area contributed by atoms with E-state index in [1.165, 1.54) is 109 Å². The van der Waals surface area contributed by atoms with Crippen molar-refractivity contribution in [1.29, 1.82) is 0 Å². The summed E-state index contributed by atoms with van der Waals surface area (Å²) in [5, 5.41) is 50.4. The lowest BCUT2D eigenvalue weighted by molar-refractivity contribution is -0.220. The molecule has 0 aromatic carbocycles. The van der Waals surface area contributed by atoms with Crippen molar-refractivity contribution >= 4 is 13.8 Å². The number of carbonyl (C=O) groups excluding carboxylic acids is 1. The summed E-state index contributed by atoms with van der Waals surface area (Å²) < 4.78 is 34.4. The number of unbranched alkanes of at least 4 members (excludes halogenated alkanes) is 25. The van der Waals surface area contributed by atoms with Gasteiger partial charge < -0.3 is 39.9 Å². The molecular formula is C59H105O12P. The molecule has 12 nitrogen and oxygen atoms in total. The molecule has 1 aliphatic carbocycles. The van der Waals surface area contributed by atoms with Crippen molar-refractivity contribution in [1.82, 2.24) is 0 Å². The van der Waals surface area contributed by atoms with Gasteiger partial charge in [-0.05, 0) is 83.5 Å². The quantitative estimate of drug-likeness (QED) is 0.0146. The van der Waals surface area contributed by atoms with Gasteiger partial charge in [-0.15, -0.1) is 0 Å². The van der Waals surface area contributed by atoms with Crippen molar-refractivity contribution in [3.8, 4) is 0 Å². The molecule has 0 radical (unpaired) electrons. The van der Waals surface area contributed by atoms with Gasteiger partial charge >= 0.3 is 13.8 Å². The van der Waals surface area contributed by atoms with Gasteiger partial charge in [-0.3, -0.25) is 13.8 Å². The van der Waals surface area contributed by atoms with Crippen molar-refractivity contribution in [2.45, 2.75) is 275 Å². The first-order valence-corrected chi connectivity index (χ1v) is 30.3. The Balaban J connectivity index is 2.31. The van der Waals surface area contributed by atoms with E-state index in [-0.39, 0.29) is 13.0 Å². The second kappa shape index (κ2) is 48.4. The van der Waals surface area contributed by atoms with E-state index in [2.05, 4.69) is 86.8 Å². The highest BCUT2D eigenvalue weighted by atomic mass is 31.2. The third-order valence-electron chi connectivity index (χ3n) is 13.1. The Hall–Kier alpha value is -2.22. The molecule has 0 aromatic rings. The number of rotatable bonds is 49. The van der Waals surface area contributed by atoms with Crippen LogP contribution in [0.3, 0.4) is 0 Å². The van der Waals surface area contributed by atoms with Crippen LogP contribution >= 0.6 is 7.82 Å². The van der Waals surface area contributed by atoms with Crippen LogP contribution in [0.4, 0.5) is 0 Å². The molecule has 0 saturated heterocycles. The van der Waals surface area contributed by atoms with E-state index in [4.69, 9.17) is 18.5 Å². The summed E-state index contributed by atoms with van der Waals surface area (Å²) in [4.78, 5) is 23.3. The van der Waals surface area contributed by atoms with Crippen LogP contribution < -0.4 is 0 Å². The summed E-state index contributed by atoms with van der Waals surface area (Å²) in [6, 6.07) is 0. The summed E-state index contributed by atoms with van der Waals surface area (Å²) in [5.41, 5.74) is 0. The van der Waals surface area contributed by atoms with E-state index in [1.54, 1.807) is 0 Å². The number of aliphatic hydroxyl groups is 5. The Morgan fingerprint density at radius 3 is 1.26 bits per heavy atom. The lowest BCUT2D eigenvalue weighted by Gasteiger charge is -2.41. The van der Waals surface area contributed by atoms with Gasteiger partial charge in [0, 0.05) is 13.0 Å². The topological polar surface area (TPSA) is 192 Å². The van der Waals surface area contributed by atoms with Gasteiger partial charge in [0.05, 0.1) is 13.2 Å². The van der Waals surface area contributed by atoms with Gasteiger partial charge in [-0.1, -0.05) is 215 Å². The molecule has 0 spiro atoms. The molecule has 0 amide bonds. The molecule has 72 heavy (non-hydrogen) atoms. The van der Waals surface area contributed by atoms with Crippen LogP contribution in [0.15, 0.2) is 72.9 Å². The zero-order chi connectivity index (χ0) is 52.6. The first-order valence-electron chi connectivity index (χ1n) is 28.8. The molecule has 1 fully saturated rings. The Kier molecular flexibility index (Phi) is 45.6. The minimum atomic E-state index is -5.04.